The Kier molecular flexibility index (Phi) is 4.68. The van der Waals surface area contributed by atoms with Gasteiger partial charge in [-0.05, 0) is 67.6 Å². The van der Waals surface area contributed by atoms with E-state index < -0.39 is 18.1 Å². The van der Waals surface area contributed by atoms with E-state index in [4.69, 9.17) is 9.84 Å². The van der Waals surface area contributed by atoms with E-state index in [1.165, 1.54) is 12.1 Å². The van der Waals surface area contributed by atoms with Crippen LogP contribution >= 0.6 is 0 Å². The normalized spacial score (nSPS) is 14.6. The van der Waals surface area contributed by atoms with E-state index in [-0.39, 0.29) is 11.7 Å². The Morgan fingerprint density at radius 2 is 1.85 bits per heavy atom. The number of ether oxygens (including phenoxy) is 1. The highest BCUT2D eigenvalue weighted by Gasteiger charge is 2.46. The largest absolute Gasteiger partial charge is 0.481 e. The fourth-order valence-electron chi connectivity index (χ4n) is 3.13. The molecule has 0 heterocycles. The number of rotatable bonds is 6. The SMILES string of the molecule is Cc1cc(C(=O)NC2(c3cccc(F)c3)CC2)cc(C)c1OCC(=O)O. The van der Waals surface area contributed by atoms with Gasteiger partial charge in [-0.2, -0.15) is 0 Å². The molecule has 0 spiro atoms. The van der Waals surface area contributed by atoms with Crippen LogP contribution in [0.3, 0.4) is 0 Å². The number of carbonyl (C=O) groups excluding carboxylic acids is 1. The number of carboxylic acid groups (broad SMARTS) is 1. The highest BCUT2D eigenvalue weighted by molar-refractivity contribution is 5.95. The van der Waals surface area contributed by atoms with E-state index in [9.17, 15) is 14.0 Å². The van der Waals surface area contributed by atoms with Crippen molar-refractivity contribution in [3.8, 4) is 5.75 Å². The van der Waals surface area contributed by atoms with Crippen LogP contribution in [0.4, 0.5) is 4.39 Å². The number of hydrogen-bond donors (Lipinski definition) is 2. The van der Waals surface area contributed by atoms with Gasteiger partial charge in [-0.15, -0.1) is 0 Å². The molecule has 6 heteroatoms. The van der Waals surface area contributed by atoms with E-state index in [1.807, 2.05) is 6.07 Å². The van der Waals surface area contributed by atoms with Gasteiger partial charge in [0.05, 0.1) is 5.54 Å². The maximum absolute atomic E-state index is 13.5. The summed E-state index contributed by atoms with van der Waals surface area (Å²) in [7, 11) is 0. The number of amides is 1. The number of benzene rings is 2. The third kappa shape index (κ3) is 3.69. The Hall–Kier alpha value is -2.89. The van der Waals surface area contributed by atoms with Crippen LogP contribution in [0.5, 0.6) is 5.75 Å². The van der Waals surface area contributed by atoms with Crippen LogP contribution in [-0.4, -0.2) is 23.6 Å². The summed E-state index contributed by atoms with van der Waals surface area (Å²) in [4.78, 5) is 23.4. The first-order valence-electron chi connectivity index (χ1n) is 8.35. The lowest BCUT2D eigenvalue weighted by molar-refractivity contribution is -0.139. The van der Waals surface area contributed by atoms with E-state index in [2.05, 4.69) is 5.32 Å². The average Bonchev–Trinajstić information content (AvgIpc) is 3.34. The maximum atomic E-state index is 13.5. The standard InChI is InChI=1S/C20H20FNO4/c1-12-8-14(9-13(2)18(12)26-11-17(23)24)19(25)22-20(6-7-20)15-4-3-5-16(21)10-15/h3-5,8-10H,6-7,11H2,1-2H3,(H,22,25)(H,23,24). The van der Waals surface area contributed by atoms with Gasteiger partial charge >= 0.3 is 5.97 Å². The molecule has 0 aliphatic heterocycles. The maximum Gasteiger partial charge on any atom is 0.341 e. The van der Waals surface area contributed by atoms with Crippen LogP contribution < -0.4 is 10.1 Å². The van der Waals surface area contributed by atoms with Gasteiger partial charge in [0.25, 0.3) is 5.91 Å². The van der Waals surface area contributed by atoms with E-state index in [0.29, 0.717) is 22.4 Å². The highest BCUT2D eigenvalue weighted by atomic mass is 19.1. The van der Waals surface area contributed by atoms with Gasteiger partial charge < -0.3 is 15.2 Å². The summed E-state index contributed by atoms with van der Waals surface area (Å²) in [5, 5.41) is 11.8. The molecule has 1 fully saturated rings. The zero-order valence-corrected chi connectivity index (χ0v) is 14.6. The predicted octanol–water partition coefficient (Wildman–Crippen LogP) is 3.33. The third-order valence-corrected chi connectivity index (χ3v) is 4.54. The Labute approximate surface area is 150 Å². The van der Waals surface area contributed by atoms with Crippen molar-refractivity contribution >= 4 is 11.9 Å². The molecular weight excluding hydrogens is 337 g/mol. The molecule has 0 bridgehead atoms. The summed E-state index contributed by atoms with van der Waals surface area (Å²) in [6, 6.07) is 9.62. The van der Waals surface area contributed by atoms with Gasteiger partial charge in [-0.25, -0.2) is 9.18 Å². The lowest BCUT2D eigenvalue weighted by Crippen LogP contribution is -2.35. The number of carboxylic acids is 1. The van der Waals surface area contributed by atoms with Crippen molar-refractivity contribution < 1.29 is 23.8 Å². The predicted molar refractivity (Wildman–Crippen MR) is 93.8 cm³/mol. The Bertz CT molecular complexity index is 851. The molecule has 2 aromatic carbocycles. The quantitative estimate of drug-likeness (QED) is 0.832. The van der Waals surface area contributed by atoms with Crippen LogP contribution in [0.15, 0.2) is 36.4 Å². The molecule has 0 saturated heterocycles. The van der Waals surface area contributed by atoms with Gasteiger partial charge in [0.2, 0.25) is 0 Å². The van der Waals surface area contributed by atoms with Gasteiger partial charge in [-0.1, -0.05) is 12.1 Å². The van der Waals surface area contributed by atoms with Crippen LogP contribution in [0, 0.1) is 19.7 Å². The van der Waals surface area contributed by atoms with Gasteiger partial charge in [0.15, 0.2) is 6.61 Å². The summed E-state index contributed by atoms with van der Waals surface area (Å²) < 4.78 is 18.8. The van der Waals surface area contributed by atoms with E-state index in [1.54, 1.807) is 32.0 Å². The third-order valence-electron chi connectivity index (χ3n) is 4.54. The molecule has 26 heavy (non-hydrogen) atoms. The number of aryl methyl sites for hydroxylation is 2. The van der Waals surface area contributed by atoms with Crippen LogP contribution in [0.1, 0.15) is 39.9 Å². The van der Waals surface area contributed by atoms with Crippen molar-refractivity contribution in [2.45, 2.75) is 32.2 Å². The minimum absolute atomic E-state index is 0.247. The van der Waals surface area contributed by atoms with Crippen molar-refractivity contribution in [3.63, 3.8) is 0 Å². The molecule has 1 saturated carbocycles. The fourth-order valence-corrected chi connectivity index (χ4v) is 3.13. The molecule has 0 aromatic heterocycles. The fraction of sp³-hybridized carbons (Fsp3) is 0.300. The zero-order chi connectivity index (χ0) is 18.9. The summed E-state index contributed by atoms with van der Waals surface area (Å²) in [6.07, 6.45) is 1.53. The number of carbonyl (C=O) groups is 2. The molecule has 136 valence electrons. The number of aliphatic carboxylic acids is 1. The molecule has 1 amide bonds. The Morgan fingerprint density at radius 1 is 1.19 bits per heavy atom. The van der Waals surface area contributed by atoms with Gasteiger partial charge in [0, 0.05) is 5.56 Å². The summed E-state index contributed by atoms with van der Waals surface area (Å²) >= 11 is 0. The van der Waals surface area contributed by atoms with Gasteiger partial charge in [0.1, 0.15) is 11.6 Å². The number of hydrogen-bond acceptors (Lipinski definition) is 3. The molecular formula is C20H20FNO4. The summed E-state index contributed by atoms with van der Waals surface area (Å²) in [6.45, 7) is 3.09. The topological polar surface area (TPSA) is 75.6 Å². The molecule has 2 aromatic rings. The van der Waals surface area contributed by atoms with Crippen LogP contribution in [-0.2, 0) is 10.3 Å². The number of nitrogens with one attached hydrogen (secondary N) is 1. The molecule has 2 N–H and O–H groups in total. The molecule has 5 nitrogen and oxygen atoms in total. The van der Waals surface area contributed by atoms with Crippen LogP contribution in [0.25, 0.3) is 0 Å². The second-order valence-electron chi connectivity index (χ2n) is 6.67. The molecule has 0 radical (unpaired) electrons. The minimum atomic E-state index is -1.06. The van der Waals surface area contributed by atoms with E-state index in [0.717, 1.165) is 18.4 Å². The first kappa shape index (κ1) is 17.9. The van der Waals surface area contributed by atoms with E-state index >= 15 is 0 Å². The van der Waals surface area contributed by atoms with Crippen molar-refractivity contribution in [3.05, 3.63) is 64.5 Å². The summed E-state index contributed by atoms with van der Waals surface area (Å²) in [5.74, 6) is -1.16. The first-order valence-corrected chi connectivity index (χ1v) is 8.35. The van der Waals surface area contributed by atoms with Crippen LogP contribution in [0.2, 0.25) is 0 Å². The van der Waals surface area contributed by atoms with Crippen molar-refractivity contribution in [1.82, 2.24) is 5.32 Å². The minimum Gasteiger partial charge on any atom is -0.481 e. The lowest BCUT2D eigenvalue weighted by Gasteiger charge is -2.19. The first-order chi connectivity index (χ1) is 12.3. The Morgan fingerprint density at radius 3 is 2.38 bits per heavy atom. The molecule has 3 rings (SSSR count). The molecule has 0 atom stereocenters. The Balaban J connectivity index is 1.79. The second-order valence-corrected chi connectivity index (χ2v) is 6.67. The monoisotopic (exact) mass is 357 g/mol. The lowest BCUT2D eigenvalue weighted by atomic mass is 10.0. The molecule has 1 aliphatic rings. The van der Waals surface area contributed by atoms with Crippen molar-refractivity contribution in [2.24, 2.45) is 0 Å². The van der Waals surface area contributed by atoms with Crippen molar-refractivity contribution in [1.29, 1.82) is 0 Å². The smallest absolute Gasteiger partial charge is 0.341 e. The molecule has 1 aliphatic carbocycles. The summed E-state index contributed by atoms with van der Waals surface area (Å²) in [5.41, 5.74) is 2.09. The molecule has 0 unspecified atom stereocenters. The zero-order valence-electron chi connectivity index (χ0n) is 14.6. The average molecular weight is 357 g/mol. The van der Waals surface area contributed by atoms with Crippen molar-refractivity contribution in [2.75, 3.05) is 6.61 Å². The second kappa shape index (κ2) is 6.78. The number of halogens is 1. The highest BCUT2D eigenvalue weighted by Crippen LogP contribution is 2.45. The van der Waals surface area contributed by atoms with Gasteiger partial charge in [-0.3, -0.25) is 4.79 Å².